The number of carbonyl (C=O) groups is 1. The van der Waals surface area contributed by atoms with Gasteiger partial charge >= 0.3 is 0 Å². The van der Waals surface area contributed by atoms with E-state index in [2.05, 4.69) is 34.7 Å². The van der Waals surface area contributed by atoms with Crippen LogP contribution in [0.3, 0.4) is 0 Å². The van der Waals surface area contributed by atoms with Crippen molar-refractivity contribution in [1.82, 2.24) is 4.98 Å². The average molecular weight is 423 g/mol. The van der Waals surface area contributed by atoms with Gasteiger partial charge in [0.2, 0.25) is 0 Å². The fourth-order valence-electron chi connectivity index (χ4n) is 3.69. The summed E-state index contributed by atoms with van der Waals surface area (Å²) < 4.78 is 6.04. The second-order valence-electron chi connectivity index (χ2n) is 8.22. The van der Waals surface area contributed by atoms with Gasteiger partial charge in [-0.1, -0.05) is 43.6 Å². The highest BCUT2D eigenvalue weighted by molar-refractivity contribution is 6.30. The van der Waals surface area contributed by atoms with E-state index in [4.69, 9.17) is 16.0 Å². The molecule has 0 radical (unpaired) electrons. The number of para-hydroxylation sites is 1. The summed E-state index contributed by atoms with van der Waals surface area (Å²) in [7, 11) is 0. The first-order valence-electron chi connectivity index (χ1n) is 9.75. The van der Waals surface area contributed by atoms with Crippen LogP contribution in [0.15, 0.2) is 58.2 Å². The Bertz CT molecular complexity index is 1100. The minimum atomic E-state index is -0.343. The Morgan fingerprint density at radius 3 is 2.63 bits per heavy atom. The van der Waals surface area contributed by atoms with Crippen LogP contribution in [0, 0.1) is 12.3 Å². The number of carbonyl (C=O) groups excluding carboxylic acids is 1. The molecule has 154 valence electrons. The van der Waals surface area contributed by atoms with Gasteiger partial charge in [0.25, 0.3) is 5.91 Å². The van der Waals surface area contributed by atoms with E-state index in [0.29, 0.717) is 10.8 Å². The molecule has 0 unspecified atom stereocenters. The number of amides is 1. The molecule has 0 saturated heterocycles. The summed E-state index contributed by atoms with van der Waals surface area (Å²) in [5.74, 6) is 1.14. The Morgan fingerprint density at radius 1 is 1.17 bits per heavy atom. The van der Waals surface area contributed by atoms with Crippen molar-refractivity contribution in [3.63, 3.8) is 0 Å². The van der Waals surface area contributed by atoms with Gasteiger partial charge < -0.3 is 9.73 Å². The summed E-state index contributed by atoms with van der Waals surface area (Å²) in [6.45, 7) is 6.23. The van der Waals surface area contributed by atoms with Gasteiger partial charge in [0, 0.05) is 23.7 Å². The summed E-state index contributed by atoms with van der Waals surface area (Å²) in [6, 6.07) is 13.1. The first-order valence-corrected chi connectivity index (χ1v) is 10.1. The van der Waals surface area contributed by atoms with Crippen LogP contribution in [0.4, 0.5) is 11.5 Å². The minimum absolute atomic E-state index is 0.0278. The summed E-state index contributed by atoms with van der Waals surface area (Å²) in [5, 5.41) is 7.94. The second-order valence-corrected chi connectivity index (χ2v) is 8.66. The highest BCUT2D eigenvalue weighted by Gasteiger charge is 2.36. The Morgan fingerprint density at radius 2 is 1.93 bits per heavy atom. The van der Waals surface area contributed by atoms with Gasteiger partial charge in [-0.05, 0) is 43.0 Å². The molecule has 2 N–H and O–H groups in total. The lowest BCUT2D eigenvalue weighted by Crippen LogP contribution is -2.27. The fraction of sp³-hybridized carbons (Fsp3) is 0.261. The maximum Gasteiger partial charge on any atom is 0.292 e. The van der Waals surface area contributed by atoms with Crippen LogP contribution in [0.2, 0.25) is 5.02 Å². The third kappa shape index (κ3) is 4.24. The lowest BCUT2D eigenvalue weighted by Gasteiger charge is -2.29. The van der Waals surface area contributed by atoms with Gasteiger partial charge in [0.15, 0.2) is 5.76 Å². The van der Waals surface area contributed by atoms with Gasteiger partial charge in [-0.25, -0.2) is 4.98 Å². The number of hydrazone groups is 1. The van der Waals surface area contributed by atoms with E-state index in [-0.39, 0.29) is 17.1 Å². The van der Waals surface area contributed by atoms with Crippen molar-refractivity contribution in [2.75, 3.05) is 10.7 Å². The first kappa shape index (κ1) is 20.2. The molecule has 0 aliphatic heterocycles. The van der Waals surface area contributed by atoms with Crippen LogP contribution >= 0.6 is 11.6 Å². The molecular formula is C23H23ClN4O2. The van der Waals surface area contributed by atoms with E-state index in [1.54, 1.807) is 12.1 Å². The van der Waals surface area contributed by atoms with E-state index >= 15 is 0 Å². The monoisotopic (exact) mass is 422 g/mol. The van der Waals surface area contributed by atoms with Crippen molar-refractivity contribution in [2.24, 2.45) is 10.5 Å². The molecule has 0 bridgehead atoms. The van der Waals surface area contributed by atoms with Crippen molar-refractivity contribution in [3.05, 3.63) is 76.3 Å². The molecule has 2 heterocycles. The summed E-state index contributed by atoms with van der Waals surface area (Å²) >= 11 is 5.86. The maximum atomic E-state index is 12.9. The number of furan rings is 1. The number of benzene rings is 1. The van der Waals surface area contributed by atoms with Crippen molar-refractivity contribution >= 4 is 34.7 Å². The number of nitrogens with zero attached hydrogens (tertiary/aromatic N) is 2. The number of hydrogen-bond donors (Lipinski definition) is 2. The Hall–Kier alpha value is -3.12. The Kier molecular flexibility index (Phi) is 5.35. The maximum absolute atomic E-state index is 12.9. The predicted octanol–water partition coefficient (Wildman–Crippen LogP) is 5.68. The third-order valence-electron chi connectivity index (χ3n) is 5.06. The summed E-state index contributed by atoms with van der Waals surface area (Å²) in [6.07, 6.45) is 3.00. The lowest BCUT2D eigenvalue weighted by atomic mass is 9.75. The number of anilines is 2. The highest BCUT2D eigenvalue weighted by atomic mass is 35.5. The van der Waals surface area contributed by atoms with Crippen molar-refractivity contribution in [1.29, 1.82) is 0 Å². The minimum Gasteiger partial charge on any atom is -0.455 e. The van der Waals surface area contributed by atoms with E-state index in [1.807, 2.05) is 37.3 Å². The van der Waals surface area contributed by atoms with Gasteiger partial charge in [0.1, 0.15) is 11.6 Å². The molecule has 30 heavy (non-hydrogen) atoms. The number of pyridine rings is 1. The van der Waals surface area contributed by atoms with Gasteiger partial charge in [-0.2, -0.15) is 5.10 Å². The molecule has 1 aliphatic carbocycles. The normalized spacial score (nSPS) is 16.2. The van der Waals surface area contributed by atoms with Crippen molar-refractivity contribution in [3.8, 4) is 0 Å². The molecular weight excluding hydrogens is 400 g/mol. The van der Waals surface area contributed by atoms with Crippen LogP contribution in [-0.2, 0) is 6.42 Å². The van der Waals surface area contributed by atoms with Gasteiger partial charge in [0.05, 0.1) is 16.4 Å². The number of halogens is 1. The van der Waals surface area contributed by atoms with Gasteiger partial charge in [-0.3, -0.25) is 10.2 Å². The molecule has 0 spiro atoms. The quantitative estimate of drug-likeness (QED) is 0.530. The van der Waals surface area contributed by atoms with Gasteiger partial charge in [-0.15, -0.1) is 0 Å². The van der Waals surface area contributed by atoms with Crippen LogP contribution in [0.25, 0.3) is 0 Å². The van der Waals surface area contributed by atoms with Crippen LogP contribution < -0.4 is 10.7 Å². The van der Waals surface area contributed by atoms with E-state index in [1.165, 1.54) is 6.20 Å². The summed E-state index contributed by atoms with van der Waals surface area (Å²) in [4.78, 5) is 17.0. The smallest absolute Gasteiger partial charge is 0.292 e. The number of nitrogens with one attached hydrogen (secondary N) is 2. The molecule has 1 amide bonds. The average Bonchev–Trinajstić information content (AvgIpc) is 3.04. The standard InChI is InChI=1S/C23H23ClN4O2/c1-14-20-17(28-27-16-7-5-4-6-8-16)11-23(2,3)12-18(20)30-21(14)22(29)26-19-10-9-15(24)13-25-19/h4-10,13,27H,11-12H2,1-3H3,(H,25,26,29)/b28-17-. The molecule has 1 aromatic carbocycles. The van der Waals surface area contributed by atoms with Crippen LogP contribution in [0.1, 0.15) is 47.7 Å². The Balaban J connectivity index is 1.66. The molecule has 0 saturated carbocycles. The summed E-state index contributed by atoms with van der Waals surface area (Å²) in [5.41, 5.74) is 6.58. The molecule has 2 aromatic heterocycles. The zero-order valence-electron chi connectivity index (χ0n) is 17.1. The Labute approximate surface area is 180 Å². The molecule has 7 heteroatoms. The number of aromatic nitrogens is 1. The number of hydrogen-bond acceptors (Lipinski definition) is 5. The first-order chi connectivity index (χ1) is 14.3. The molecule has 4 rings (SSSR count). The SMILES string of the molecule is Cc1c(C(=O)Nc2ccc(Cl)cn2)oc2c1/C(=N\Nc1ccccc1)CC(C)(C)C2. The van der Waals surface area contributed by atoms with Crippen molar-refractivity contribution < 1.29 is 9.21 Å². The highest BCUT2D eigenvalue weighted by Crippen LogP contribution is 2.39. The zero-order chi connectivity index (χ0) is 21.3. The van der Waals surface area contributed by atoms with E-state index < -0.39 is 0 Å². The lowest BCUT2D eigenvalue weighted by molar-refractivity contribution is 0.0992. The third-order valence-corrected chi connectivity index (χ3v) is 5.29. The predicted molar refractivity (Wildman–Crippen MR) is 119 cm³/mol. The molecule has 3 aromatic rings. The van der Waals surface area contributed by atoms with E-state index in [9.17, 15) is 4.79 Å². The molecule has 0 atom stereocenters. The number of fused-ring (bicyclic) bond motifs is 1. The van der Waals surface area contributed by atoms with Crippen molar-refractivity contribution in [2.45, 2.75) is 33.6 Å². The fourth-order valence-corrected chi connectivity index (χ4v) is 3.81. The molecule has 6 nitrogen and oxygen atoms in total. The number of rotatable bonds is 4. The molecule has 1 aliphatic rings. The van der Waals surface area contributed by atoms with E-state index in [0.717, 1.165) is 41.1 Å². The van der Waals surface area contributed by atoms with Crippen LogP contribution in [-0.4, -0.2) is 16.6 Å². The second kappa shape index (κ2) is 7.95. The zero-order valence-corrected chi connectivity index (χ0v) is 17.9. The largest absolute Gasteiger partial charge is 0.455 e. The topological polar surface area (TPSA) is 79.5 Å². The molecule has 0 fully saturated rings. The van der Waals surface area contributed by atoms with Crippen LogP contribution in [0.5, 0.6) is 0 Å².